The van der Waals surface area contributed by atoms with E-state index in [9.17, 15) is 8.78 Å². The molecule has 7 heteroatoms. The Kier molecular flexibility index (Phi) is 9.12. The van der Waals surface area contributed by atoms with Crippen molar-refractivity contribution < 1.29 is 13.5 Å². The minimum Gasteiger partial charge on any atom is -0.383 e. The van der Waals surface area contributed by atoms with Crippen LogP contribution in [0.15, 0.2) is 49.1 Å². The highest BCUT2D eigenvalue weighted by molar-refractivity contribution is 5.62. The van der Waals surface area contributed by atoms with Gasteiger partial charge in [0.25, 0.3) is 0 Å². The summed E-state index contributed by atoms with van der Waals surface area (Å²) in [5.74, 6) is -0.143. The van der Waals surface area contributed by atoms with E-state index in [1.54, 1.807) is 19.2 Å². The van der Waals surface area contributed by atoms with E-state index in [1.807, 2.05) is 18.2 Å². The Labute approximate surface area is 208 Å². The lowest BCUT2D eigenvalue weighted by Crippen LogP contribution is -2.35. The van der Waals surface area contributed by atoms with Gasteiger partial charge in [-0.05, 0) is 87.0 Å². The fourth-order valence-corrected chi connectivity index (χ4v) is 5.45. The van der Waals surface area contributed by atoms with Crippen molar-refractivity contribution >= 4 is 11.4 Å². The third-order valence-corrected chi connectivity index (χ3v) is 7.46. The first-order valence-corrected chi connectivity index (χ1v) is 12.7. The molecule has 2 aliphatic heterocycles. The van der Waals surface area contributed by atoms with Crippen LogP contribution >= 0.6 is 0 Å². The van der Waals surface area contributed by atoms with Gasteiger partial charge < -0.3 is 9.64 Å². The molecule has 2 aromatic rings. The molecule has 2 aliphatic rings. The van der Waals surface area contributed by atoms with Crippen molar-refractivity contribution in [3.8, 4) is 0 Å². The fraction of sp³-hybridized carbons (Fsp3) is 0.500. The summed E-state index contributed by atoms with van der Waals surface area (Å²) in [5, 5.41) is 0. The molecule has 0 saturated carbocycles. The summed E-state index contributed by atoms with van der Waals surface area (Å²) in [6.07, 6.45) is 5.75. The zero-order valence-corrected chi connectivity index (χ0v) is 20.7. The van der Waals surface area contributed by atoms with Crippen molar-refractivity contribution in [1.82, 2.24) is 9.80 Å². The highest BCUT2D eigenvalue weighted by atomic mass is 19.1. The standard InChI is InChI=1S/C28H38F2N4O/c1-3-14-33-15-10-21(11-16-33)23-6-4-8-25(29)27(23)31-32-28-24(7-5-9-26(28)30)22-12-17-34(18-13-22)19-20-35-2/h3-9,21-22,31-32H,1,10-20H2,2H3. The van der Waals surface area contributed by atoms with Crippen LogP contribution in [0.25, 0.3) is 0 Å². The Hall–Kier alpha value is -2.48. The van der Waals surface area contributed by atoms with Crippen LogP contribution in [-0.4, -0.2) is 62.8 Å². The van der Waals surface area contributed by atoms with Crippen LogP contribution in [0.4, 0.5) is 20.2 Å². The number of piperidine rings is 2. The van der Waals surface area contributed by atoms with Gasteiger partial charge in [-0.3, -0.25) is 15.8 Å². The summed E-state index contributed by atoms with van der Waals surface area (Å²) >= 11 is 0. The highest BCUT2D eigenvalue weighted by Crippen LogP contribution is 2.37. The van der Waals surface area contributed by atoms with Gasteiger partial charge in [-0.25, -0.2) is 8.78 Å². The van der Waals surface area contributed by atoms with E-state index in [4.69, 9.17) is 4.74 Å². The van der Waals surface area contributed by atoms with Gasteiger partial charge in [-0.15, -0.1) is 6.58 Å². The molecular formula is C28H38F2N4O. The Morgan fingerprint density at radius 1 is 0.857 bits per heavy atom. The van der Waals surface area contributed by atoms with Crippen molar-refractivity contribution in [3.05, 3.63) is 71.8 Å². The van der Waals surface area contributed by atoms with Crippen LogP contribution in [-0.2, 0) is 4.74 Å². The summed E-state index contributed by atoms with van der Waals surface area (Å²) in [6.45, 7) is 10.2. The minimum atomic E-state index is -0.326. The normalized spacial score (nSPS) is 18.5. The summed E-state index contributed by atoms with van der Waals surface area (Å²) in [6, 6.07) is 10.4. The lowest BCUT2D eigenvalue weighted by Gasteiger charge is -2.33. The zero-order valence-electron chi connectivity index (χ0n) is 20.7. The molecule has 2 saturated heterocycles. The van der Waals surface area contributed by atoms with Gasteiger partial charge in [0, 0.05) is 20.2 Å². The number of hydrogen-bond donors (Lipinski definition) is 2. The van der Waals surface area contributed by atoms with Crippen molar-refractivity contribution in [1.29, 1.82) is 0 Å². The minimum absolute atomic E-state index is 0.253. The van der Waals surface area contributed by atoms with Gasteiger partial charge >= 0.3 is 0 Å². The fourth-order valence-electron chi connectivity index (χ4n) is 5.45. The van der Waals surface area contributed by atoms with Gasteiger partial charge in [-0.1, -0.05) is 30.3 Å². The van der Waals surface area contributed by atoms with Crippen molar-refractivity contribution in [2.24, 2.45) is 0 Å². The molecule has 2 heterocycles. The average molecular weight is 485 g/mol. The van der Waals surface area contributed by atoms with E-state index in [0.717, 1.165) is 82.7 Å². The summed E-state index contributed by atoms with van der Waals surface area (Å²) < 4.78 is 35.2. The number of ether oxygens (including phenoxy) is 1. The largest absolute Gasteiger partial charge is 0.383 e. The van der Waals surface area contributed by atoms with E-state index in [-0.39, 0.29) is 23.5 Å². The second kappa shape index (κ2) is 12.5. The van der Waals surface area contributed by atoms with Crippen LogP contribution < -0.4 is 10.9 Å². The lowest BCUT2D eigenvalue weighted by molar-refractivity contribution is 0.130. The molecule has 0 radical (unpaired) electrons. The van der Waals surface area contributed by atoms with Crippen LogP contribution in [0.5, 0.6) is 0 Å². The number of nitrogens with zero attached hydrogens (tertiary/aromatic N) is 2. The van der Waals surface area contributed by atoms with Gasteiger partial charge in [0.05, 0.1) is 18.0 Å². The number of likely N-dealkylation sites (tertiary alicyclic amines) is 2. The number of methoxy groups -OCH3 is 1. The summed E-state index contributed by atoms with van der Waals surface area (Å²) in [5.41, 5.74) is 8.85. The van der Waals surface area contributed by atoms with Gasteiger partial charge in [0.2, 0.25) is 0 Å². The zero-order chi connectivity index (χ0) is 24.6. The van der Waals surface area contributed by atoms with E-state index >= 15 is 0 Å². The first kappa shape index (κ1) is 25.6. The summed E-state index contributed by atoms with van der Waals surface area (Å²) in [4.78, 5) is 4.75. The average Bonchev–Trinajstić information content (AvgIpc) is 2.88. The lowest BCUT2D eigenvalue weighted by atomic mass is 9.88. The molecular weight excluding hydrogens is 446 g/mol. The smallest absolute Gasteiger partial charge is 0.148 e. The predicted molar refractivity (Wildman–Crippen MR) is 139 cm³/mol. The number of halogens is 2. The Bertz CT molecular complexity index is 969. The first-order valence-electron chi connectivity index (χ1n) is 12.7. The molecule has 0 amide bonds. The van der Waals surface area contributed by atoms with Crippen LogP contribution in [0.2, 0.25) is 0 Å². The first-order chi connectivity index (χ1) is 17.1. The SMILES string of the molecule is C=CCN1CCC(c2cccc(F)c2NNc2c(F)cccc2C2CCN(CCOC)CC2)CC1. The van der Waals surface area contributed by atoms with E-state index in [0.29, 0.717) is 11.4 Å². The predicted octanol–water partition coefficient (Wildman–Crippen LogP) is 5.60. The molecule has 0 unspecified atom stereocenters. The maximum Gasteiger partial charge on any atom is 0.148 e. The second-order valence-corrected chi connectivity index (χ2v) is 9.63. The number of hydrazine groups is 1. The van der Waals surface area contributed by atoms with Crippen molar-refractivity contribution in [3.63, 3.8) is 0 Å². The maximum absolute atomic E-state index is 15.0. The number of nitrogens with one attached hydrogen (secondary N) is 2. The molecule has 0 atom stereocenters. The topological polar surface area (TPSA) is 39.8 Å². The molecule has 2 aromatic carbocycles. The number of rotatable bonds is 10. The van der Waals surface area contributed by atoms with Crippen molar-refractivity contribution in [2.45, 2.75) is 37.5 Å². The molecule has 0 aliphatic carbocycles. The molecule has 2 fully saturated rings. The number of hydrogen-bond acceptors (Lipinski definition) is 5. The highest BCUT2D eigenvalue weighted by Gasteiger charge is 2.26. The molecule has 0 aromatic heterocycles. The number of anilines is 2. The number of benzene rings is 2. The van der Waals surface area contributed by atoms with Crippen LogP contribution in [0.1, 0.15) is 48.6 Å². The van der Waals surface area contributed by atoms with E-state index in [2.05, 4.69) is 27.2 Å². The molecule has 4 rings (SSSR count). The molecule has 35 heavy (non-hydrogen) atoms. The van der Waals surface area contributed by atoms with Gasteiger partial charge in [-0.2, -0.15) is 0 Å². The third-order valence-electron chi connectivity index (χ3n) is 7.46. The van der Waals surface area contributed by atoms with Gasteiger partial charge in [0.15, 0.2) is 0 Å². The molecule has 2 N–H and O–H groups in total. The monoisotopic (exact) mass is 484 g/mol. The summed E-state index contributed by atoms with van der Waals surface area (Å²) in [7, 11) is 1.72. The molecule has 0 bridgehead atoms. The molecule has 5 nitrogen and oxygen atoms in total. The quantitative estimate of drug-likeness (QED) is 0.340. The van der Waals surface area contributed by atoms with Crippen LogP contribution in [0, 0.1) is 11.6 Å². The van der Waals surface area contributed by atoms with Gasteiger partial charge in [0.1, 0.15) is 11.6 Å². The van der Waals surface area contributed by atoms with E-state index < -0.39 is 0 Å². The van der Waals surface area contributed by atoms with Crippen molar-refractivity contribution in [2.75, 3.05) is 63.8 Å². The molecule has 0 spiro atoms. The third kappa shape index (κ3) is 6.40. The Morgan fingerprint density at radius 3 is 1.80 bits per heavy atom. The Morgan fingerprint density at radius 2 is 1.34 bits per heavy atom. The molecule has 190 valence electrons. The second-order valence-electron chi connectivity index (χ2n) is 9.63. The number of para-hydroxylation sites is 2. The van der Waals surface area contributed by atoms with E-state index in [1.165, 1.54) is 12.1 Å². The van der Waals surface area contributed by atoms with Crippen LogP contribution in [0.3, 0.4) is 0 Å². The Balaban J connectivity index is 1.47. The maximum atomic E-state index is 15.0.